The molecule has 2 aromatic heterocycles. The molecule has 0 saturated heterocycles. The number of hydrogen-bond acceptors (Lipinski definition) is 3. The first-order chi connectivity index (χ1) is 10.2. The number of pyridine rings is 1. The van der Waals surface area contributed by atoms with E-state index in [0.29, 0.717) is 33.7 Å². The van der Waals surface area contributed by atoms with Gasteiger partial charge in [-0.3, -0.25) is 0 Å². The summed E-state index contributed by atoms with van der Waals surface area (Å²) in [5.41, 5.74) is 2.18. The number of hydrogen-bond donors (Lipinski definition) is 1. The van der Waals surface area contributed by atoms with Gasteiger partial charge in [-0.15, -0.1) is 0 Å². The van der Waals surface area contributed by atoms with Crippen molar-refractivity contribution in [2.45, 2.75) is 13.2 Å². The molecule has 1 N–H and O–H groups in total. The summed E-state index contributed by atoms with van der Waals surface area (Å²) in [5.74, 6) is 0.642. The molecule has 0 bridgehead atoms. The van der Waals surface area contributed by atoms with Crippen LogP contribution in [0.3, 0.4) is 0 Å². The Hall–Kier alpha value is -1.75. The Morgan fingerprint density at radius 2 is 2.05 bits per heavy atom. The highest BCUT2D eigenvalue weighted by Crippen LogP contribution is 2.24. The number of aliphatic hydroxyl groups is 1. The molecule has 1 aromatic carbocycles. The van der Waals surface area contributed by atoms with E-state index in [1.807, 2.05) is 28.8 Å². The third-order valence-electron chi connectivity index (χ3n) is 3.04. The summed E-state index contributed by atoms with van der Waals surface area (Å²) in [6.07, 6.45) is 3.62. The van der Waals surface area contributed by atoms with E-state index < -0.39 is 0 Å². The number of benzene rings is 1. The van der Waals surface area contributed by atoms with Crippen molar-refractivity contribution in [1.82, 2.24) is 9.38 Å². The van der Waals surface area contributed by atoms with Gasteiger partial charge in [-0.2, -0.15) is 0 Å². The Kier molecular flexibility index (Phi) is 4.01. The summed E-state index contributed by atoms with van der Waals surface area (Å²) in [6, 6.07) is 9.07. The molecule has 3 rings (SSSR count). The van der Waals surface area contributed by atoms with Crippen LogP contribution in [-0.4, -0.2) is 14.5 Å². The fraction of sp³-hybridized carbons (Fsp3) is 0.133. The Morgan fingerprint density at radius 1 is 1.19 bits per heavy atom. The number of aliphatic hydroxyl groups excluding tert-OH is 1. The first-order valence-electron chi connectivity index (χ1n) is 6.31. The van der Waals surface area contributed by atoms with E-state index in [1.54, 1.807) is 18.3 Å². The molecular formula is C15H12Cl2N2O2. The predicted octanol–water partition coefficient (Wildman–Crippen LogP) is 3.71. The van der Waals surface area contributed by atoms with Crippen LogP contribution in [0.4, 0.5) is 0 Å². The van der Waals surface area contributed by atoms with Crippen molar-refractivity contribution in [2.24, 2.45) is 0 Å². The lowest BCUT2D eigenvalue weighted by Gasteiger charge is -2.08. The van der Waals surface area contributed by atoms with Crippen molar-refractivity contribution < 1.29 is 9.84 Å². The van der Waals surface area contributed by atoms with Crippen molar-refractivity contribution in [2.75, 3.05) is 0 Å². The van der Waals surface area contributed by atoms with Crippen molar-refractivity contribution >= 4 is 28.8 Å². The summed E-state index contributed by atoms with van der Waals surface area (Å²) in [4.78, 5) is 4.32. The third-order valence-corrected chi connectivity index (χ3v) is 3.78. The maximum Gasteiger partial charge on any atom is 0.180 e. The van der Waals surface area contributed by atoms with Crippen LogP contribution in [-0.2, 0) is 13.2 Å². The molecule has 0 amide bonds. The van der Waals surface area contributed by atoms with Crippen LogP contribution in [0.1, 0.15) is 11.3 Å². The highest BCUT2D eigenvalue weighted by molar-refractivity contribution is 6.42. The average Bonchev–Trinajstić information content (AvgIpc) is 2.92. The fourth-order valence-corrected chi connectivity index (χ4v) is 2.34. The zero-order chi connectivity index (χ0) is 14.8. The lowest BCUT2D eigenvalue weighted by atomic mass is 10.2. The van der Waals surface area contributed by atoms with Gasteiger partial charge in [0.05, 0.1) is 22.3 Å². The Labute approximate surface area is 131 Å². The summed E-state index contributed by atoms with van der Waals surface area (Å²) in [7, 11) is 0. The van der Waals surface area contributed by atoms with Crippen molar-refractivity contribution in [1.29, 1.82) is 0 Å². The zero-order valence-electron chi connectivity index (χ0n) is 11.0. The Balaban J connectivity index is 1.84. The quantitative estimate of drug-likeness (QED) is 0.796. The van der Waals surface area contributed by atoms with E-state index in [-0.39, 0.29) is 6.61 Å². The maximum absolute atomic E-state index is 9.15. The van der Waals surface area contributed by atoms with Gasteiger partial charge in [0.2, 0.25) is 0 Å². The topological polar surface area (TPSA) is 46.8 Å². The predicted molar refractivity (Wildman–Crippen MR) is 81.9 cm³/mol. The second-order valence-corrected chi connectivity index (χ2v) is 5.35. The van der Waals surface area contributed by atoms with Gasteiger partial charge in [-0.1, -0.05) is 29.3 Å². The summed E-state index contributed by atoms with van der Waals surface area (Å²) in [6.45, 7) is 0.256. The summed E-state index contributed by atoms with van der Waals surface area (Å²) in [5, 5.41) is 10.2. The molecule has 0 fully saturated rings. The van der Waals surface area contributed by atoms with Crippen LogP contribution >= 0.6 is 23.2 Å². The van der Waals surface area contributed by atoms with Gasteiger partial charge in [0.1, 0.15) is 6.61 Å². The standard InChI is InChI=1S/C15H12Cl2N2O2/c16-12-4-3-10(6-13(12)17)9-21-14-2-1-5-19-7-11(8-20)18-15(14)19/h1-7,20H,8-9H2. The molecule has 2 heterocycles. The number of ether oxygens (including phenoxy) is 1. The molecule has 6 heteroatoms. The van der Waals surface area contributed by atoms with Gasteiger partial charge in [0, 0.05) is 12.4 Å². The van der Waals surface area contributed by atoms with Gasteiger partial charge in [0.25, 0.3) is 0 Å². The van der Waals surface area contributed by atoms with Gasteiger partial charge in [0.15, 0.2) is 11.4 Å². The zero-order valence-corrected chi connectivity index (χ0v) is 12.5. The third kappa shape index (κ3) is 2.97. The molecule has 0 radical (unpaired) electrons. The van der Waals surface area contributed by atoms with Crippen LogP contribution in [0, 0.1) is 0 Å². The minimum absolute atomic E-state index is 0.103. The van der Waals surface area contributed by atoms with Crippen molar-refractivity contribution in [3.8, 4) is 5.75 Å². The SMILES string of the molecule is OCc1cn2cccc(OCc3ccc(Cl)c(Cl)c3)c2n1. The lowest BCUT2D eigenvalue weighted by molar-refractivity contribution is 0.277. The summed E-state index contributed by atoms with van der Waals surface area (Å²) < 4.78 is 7.61. The Morgan fingerprint density at radius 3 is 2.81 bits per heavy atom. The number of halogens is 2. The number of nitrogens with zero attached hydrogens (tertiary/aromatic N) is 2. The van der Waals surface area contributed by atoms with Gasteiger partial charge >= 0.3 is 0 Å². The molecule has 108 valence electrons. The average molecular weight is 323 g/mol. The van der Waals surface area contributed by atoms with E-state index in [4.69, 9.17) is 33.0 Å². The largest absolute Gasteiger partial charge is 0.485 e. The molecule has 0 saturated carbocycles. The molecule has 0 atom stereocenters. The molecule has 0 unspecified atom stereocenters. The van der Waals surface area contributed by atoms with Crippen LogP contribution in [0.15, 0.2) is 42.7 Å². The molecular weight excluding hydrogens is 311 g/mol. The van der Waals surface area contributed by atoms with Gasteiger partial charge in [-0.25, -0.2) is 4.98 Å². The molecule has 0 aliphatic rings. The second-order valence-electron chi connectivity index (χ2n) is 4.53. The normalized spacial score (nSPS) is 11.0. The lowest BCUT2D eigenvalue weighted by Crippen LogP contribution is -1.97. The van der Waals surface area contributed by atoms with Gasteiger partial charge in [-0.05, 0) is 29.8 Å². The van der Waals surface area contributed by atoms with Crippen LogP contribution in [0.2, 0.25) is 10.0 Å². The van der Waals surface area contributed by atoms with Crippen molar-refractivity contribution in [3.05, 3.63) is 64.0 Å². The highest BCUT2D eigenvalue weighted by Gasteiger charge is 2.07. The first kappa shape index (κ1) is 14.2. The van der Waals surface area contributed by atoms with Gasteiger partial charge < -0.3 is 14.2 Å². The highest BCUT2D eigenvalue weighted by atomic mass is 35.5. The number of aromatic nitrogens is 2. The number of rotatable bonds is 4. The van der Waals surface area contributed by atoms with Crippen molar-refractivity contribution in [3.63, 3.8) is 0 Å². The van der Waals surface area contributed by atoms with E-state index in [0.717, 1.165) is 5.56 Å². The molecule has 3 aromatic rings. The second kappa shape index (κ2) is 5.93. The molecule has 21 heavy (non-hydrogen) atoms. The van der Waals surface area contributed by atoms with E-state index in [2.05, 4.69) is 4.98 Å². The molecule has 0 aliphatic heterocycles. The molecule has 4 nitrogen and oxygen atoms in total. The van der Waals surface area contributed by atoms with Crippen LogP contribution < -0.4 is 4.74 Å². The fourth-order valence-electron chi connectivity index (χ4n) is 2.02. The van der Waals surface area contributed by atoms with E-state index in [1.165, 1.54) is 0 Å². The Bertz CT molecular complexity index is 786. The van der Waals surface area contributed by atoms with Crippen LogP contribution in [0.5, 0.6) is 5.75 Å². The first-order valence-corrected chi connectivity index (χ1v) is 7.07. The van der Waals surface area contributed by atoms with E-state index in [9.17, 15) is 0 Å². The number of imidazole rings is 1. The molecule has 0 spiro atoms. The molecule has 0 aliphatic carbocycles. The number of fused-ring (bicyclic) bond motifs is 1. The smallest absolute Gasteiger partial charge is 0.180 e. The minimum Gasteiger partial charge on any atom is -0.485 e. The van der Waals surface area contributed by atoms with Crippen LogP contribution in [0.25, 0.3) is 5.65 Å². The monoisotopic (exact) mass is 322 g/mol. The maximum atomic E-state index is 9.15. The summed E-state index contributed by atoms with van der Waals surface area (Å²) >= 11 is 11.9. The minimum atomic E-state index is -0.103. The van der Waals surface area contributed by atoms with E-state index >= 15 is 0 Å².